The van der Waals surface area contributed by atoms with Crippen LogP contribution in [0.1, 0.15) is 40.8 Å². The molecule has 1 saturated carbocycles. The molecule has 1 aliphatic heterocycles. The average Bonchev–Trinajstić information content (AvgIpc) is 3.42. The van der Waals surface area contributed by atoms with Crippen LogP contribution in [0.4, 0.5) is 0 Å². The van der Waals surface area contributed by atoms with Gasteiger partial charge in [0, 0.05) is 36.1 Å². The SMILES string of the molecule is COc1cc2c(cc1CN1C[C@H]3CC[C@@H](C1)C3NC(=O)Cc1cccs1)CCC2. The minimum Gasteiger partial charge on any atom is -0.496 e. The largest absolute Gasteiger partial charge is 0.496 e. The maximum Gasteiger partial charge on any atom is 0.225 e. The Bertz CT molecular complexity index is 865. The molecule has 2 heterocycles. The van der Waals surface area contributed by atoms with Gasteiger partial charge in [0.25, 0.3) is 0 Å². The van der Waals surface area contributed by atoms with Crippen LogP contribution in [0, 0.1) is 11.8 Å². The molecule has 1 aromatic carbocycles. The van der Waals surface area contributed by atoms with Crippen molar-refractivity contribution in [2.75, 3.05) is 20.2 Å². The predicted octanol–water partition coefficient (Wildman–Crippen LogP) is 3.81. The van der Waals surface area contributed by atoms with Gasteiger partial charge in [-0.2, -0.15) is 0 Å². The van der Waals surface area contributed by atoms with Gasteiger partial charge in [0.15, 0.2) is 0 Å². The molecule has 2 fully saturated rings. The zero-order valence-electron chi connectivity index (χ0n) is 17.2. The summed E-state index contributed by atoms with van der Waals surface area (Å²) < 4.78 is 5.72. The van der Waals surface area contributed by atoms with E-state index in [-0.39, 0.29) is 5.91 Å². The second-order valence-corrected chi connectivity index (χ2v) is 9.96. The summed E-state index contributed by atoms with van der Waals surface area (Å²) in [7, 11) is 1.79. The Balaban J connectivity index is 1.23. The van der Waals surface area contributed by atoms with Crippen molar-refractivity contribution in [3.05, 3.63) is 51.2 Å². The lowest BCUT2D eigenvalue weighted by Crippen LogP contribution is -2.52. The van der Waals surface area contributed by atoms with Crippen molar-refractivity contribution in [2.45, 2.75) is 51.1 Å². The highest BCUT2D eigenvalue weighted by atomic mass is 32.1. The summed E-state index contributed by atoms with van der Waals surface area (Å²) in [5.74, 6) is 2.37. The molecule has 1 N–H and O–H groups in total. The number of carbonyl (C=O) groups excluding carboxylic acids is 1. The Hall–Kier alpha value is -1.85. The first-order chi connectivity index (χ1) is 14.2. The van der Waals surface area contributed by atoms with Crippen LogP contribution in [-0.4, -0.2) is 37.0 Å². The van der Waals surface area contributed by atoms with Gasteiger partial charge in [0.1, 0.15) is 5.75 Å². The Labute approximate surface area is 177 Å². The van der Waals surface area contributed by atoms with Gasteiger partial charge in [-0.05, 0) is 72.6 Å². The van der Waals surface area contributed by atoms with E-state index in [9.17, 15) is 4.79 Å². The molecule has 5 heteroatoms. The number of likely N-dealkylation sites (tertiary alicyclic amines) is 1. The van der Waals surface area contributed by atoms with E-state index < -0.39 is 0 Å². The number of fused-ring (bicyclic) bond motifs is 3. The normalized spacial score (nSPS) is 25.8. The number of aryl methyl sites for hydroxylation is 2. The summed E-state index contributed by atoms with van der Waals surface area (Å²) in [5, 5.41) is 5.42. The van der Waals surface area contributed by atoms with E-state index in [2.05, 4.69) is 22.3 Å². The highest BCUT2D eigenvalue weighted by Crippen LogP contribution is 2.38. The Morgan fingerprint density at radius 2 is 1.97 bits per heavy atom. The number of rotatable bonds is 6. The maximum absolute atomic E-state index is 12.5. The van der Waals surface area contributed by atoms with Crippen LogP contribution in [0.25, 0.3) is 0 Å². The van der Waals surface area contributed by atoms with Crippen molar-refractivity contribution in [2.24, 2.45) is 11.8 Å². The van der Waals surface area contributed by atoms with Gasteiger partial charge in [-0.1, -0.05) is 12.1 Å². The number of thiophene rings is 1. The Morgan fingerprint density at radius 1 is 1.21 bits per heavy atom. The lowest BCUT2D eigenvalue weighted by molar-refractivity contribution is -0.122. The number of hydrogen-bond donors (Lipinski definition) is 1. The molecule has 1 aromatic heterocycles. The van der Waals surface area contributed by atoms with Crippen LogP contribution < -0.4 is 10.1 Å². The van der Waals surface area contributed by atoms with Crippen molar-refractivity contribution in [3.8, 4) is 5.75 Å². The topological polar surface area (TPSA) is 41.6 Å². The van der Waals surface area contributed by atoms with Gasteiger partial charge in [-0.3, -0.25) is 9.69 Å². The molecule has 29 heavy (non-hydrogen) atoms. The van der Waals surface area contributed by atoms with Gasteiger partial charge in [-0.25, -0.2) is 0 Å². The Morgan fingerprint density at radius 3 is 2.66 bits per heavy atom. The second-order valence-electron chi connectivity index (χ2n) is 8.93. The van der Waals surface area contributed by atoms with E-state index >= 15 is 0 Å². The van der Waals surface area contributed by atoms with Crippen LogP contribution in [-0.2, 0) is 30.6 Å². The van der Waals surface area contributed by atoms with Crippen LogP contribution in [0.3, 0.4) is 0 Å². The molecular weight excluding hydrogens is 380 g/mol. The molecule has 0 spiro atoms. The first-order valence-electron chi connectivity index (χ1n) is 10.9. The van der Waals surface area contributed by atoms with E-state index in [1.807, 2.05) is 17.5 Å². The lowest BCUT2D eigenvalue weighted by atomic mass is 9.91. The van der Waals surface area contributed by atoms with Crippen LogP contribution in [0.5, 0.6) is 5.75 Å². The predicted molar refractivity (Wildman–Crippen MR) is 116 cm³/mol. The molecule has 154 valence electrons. The number of hydrogen-bond acceptors (Lipinski definition) is 4. The summed E-state index contributed by atoms with van der Waals surface area (Å²) in [6, 6.07) is 9.07. The standard InChI is InChI=1S/C24H30N2O2S/c1-28-22-11-17-5-2-4-16(17)10-20(22)15-26-13-18-7-8-19(14-26)24(18)25-23(27)12-21-6-3-9-29-21/h3,6,9-11,18-19,24H,2,4-5,7-8,12-15H2,1H3,(H,25,27)/t18-,19+,24?. The number of nitrogens with zero attached hydrogens (tertiary/aromatic N) is 1. The third kappa shape index (κ3) is 3.95. The zero-order chi connectivity index (χ0) is 19.8. The number of amides is 1. The van der Waals surface area contributed by atoms with Gasteiger partial charge >= 0.3 is 0 Å². The van der Waals surface area contributed by atoms with Gasteiger partial charge in [-0.15, -0.1) is 11.3 Å². The molecule has 1 unspecified atom stereocenters. The molecule has 3 aliphatic rings. The number of carbonyl (C=O) groups is 1. The molecule has 2 aromatic rings. The van der Waals surface area contributed by atoms with Crippen molar-refractivity contribution in [1.82, 2.24) is 10.2 Å². The van der Waals surface area contributed by atoms with Crippen LogP contribution in [0.15, 0.2) is 29.6 Å². The quantitative estimate of drug-likeness (QED) is 0.787. The molecule has 2 aliphatic carbocycles. The second kappa shape index (κ2) is 8.11. The van der Waals surface area contributed by atoms with Crippen molar-refractivity contribution in [3.63, 3.8) is 0 Å². The summed E-state index contributed by atoms with van der Waals surface area (Å²) in [5.41, 5.74) is 4.31. The number of ether oxygens (including phenoxy) is 1. The van der Waals surface area contributed by atoms with E-state index in [0.29, 0.717) is 24.3 Å². The lowest BCUT2D eigenvalue weighted by Gasteiger charge is -2.38. The average molecular weight is 411 g/mol. The fourth-order valence-electron chi connectivity index (χ4n) is 5.70. The molecule has 2 bridgehead atoms. The first-order valence-corrected chi connectivity index (χ1v) is 11.8. The fourth-order valence-corrected chi connectivity index (χ4v) is 6.40. The summed E-state index contributed by atoms with van der Waals surface area (Å²) >= 11 is 1.66. The fraction of sp³-hybridized carbons (Fsp3) is 0.542. The van der Waals surface area contributed by atoms with E-state index in [1.165, 1.54) is 48.8 Å². The molecule has 4 nitrogen and oxygen atoms in total. The van der Waals surface area contributed by atoms with Crippen LogP contribution >= 0.6 is 11.3 Å². The third-order valence-electron chi connectivity index (χ3n) is 7.04. The van der Waals surface area contributed by atoms with Gasteiger partial charge in [0.2, 0.25) is 5.91 Å². The van der Waals surface area contributed by atoms with Gasteiger partial charge in [0.05, 0.1) is 13.5 Å². The monoisotopic (exact) mass is 410 g/mol. The molecule has 0 radical (unpaired) electrons. The summed E-state index contributed by atoms with van der Waals surface area (Å²) in [6.07, 6.45) is 6.63. The van der Waals surface area contributed by atoms with Gasteiger partial charge < -0.3 is 10.1 Å². The number of methoxy groups -OCH3 is 1. The Kier molecular flexibility index (Phi) is 5.35. The van der Waals surface area contributed by atoms with E-state index in [0.717, 1.165) is 30.3 Å². The highest BCUT2D eigenvalue weighted by Gasteiger charge is 2.42. The van der Waals surface area contributed by atoms with Crippen molar-refractivity contribution in [1.29, 1.82) is 0 Å². The van der Waals surface area contributed by atoms with E-state index in [1.54, 1.807) is 18.4 Å². The van der Waals surface area contributed by atoms with Crippen molar-refractivity contribution >= 4 is 17.2 Å². The van der Waals surface area contributed by atoms with E-state index in [4.69, 9.17) is 4.74 Å². The minimum atomic E-state index is 0.183. The summed E-state index contributed by atoms with van der Waals surface area (Å²) in [6.45, 7) is 3.10. The molecule has 3 atom stereocenters. The number of benzene rings is 1. The van der Waals surface area contributed by atoms with Crippen LogP contribution in [0.2, 0.25) is 0 Å². The molecule has 1 amide bonds. The summed E-state index contributed by atoms with van der Waals surface area (Å²) in [4.78, 5) is 16.3. The smallest absolute Gasteiger partial charge is 0.225 e. The molecule has 1 saturated heterocycles. The minimum absolute atomic E-state index is 0.183. The third-order valence-corrected chi connectivity index (χ3v) is 7.92. The van der Waals surface area contributed by atoms with Crippen molar-refractivity contribution < 1.29 is 9.53 Å². The molecule has 5 rings (SSSR count). The number of nitrogens with one attached hydrogen (secondary N) is 1. The number of piperidine rings is 1. The highest BCUT2D eigenvalue weighted by molar-refractivity contribution is 7.10. The first kappa shape index (κ1) is 19.1. The zero-order valence-corrected chi connectivity index (χ0v) is 18.0. The molecular formula is C24H30N2O2S. The maximum atomic E-state index is 12.5.